The molecule has 0 spiro atoms. The lowest BCUT2D eigenvalue weighted by molar-refractivity contribution is -0.190. The summed E-state index contributed by atoms with van der Waals surface area (Å²) in [6, 6.07) is 0. The second-order valence-corrected chi connectivity index (χ2v) is 9.94. The predicted octanol–water partition coefficient (Wildman–Crippen LogP) is 3.40. The largest absolute Gasteiger partial charge is 0.280 e. The number of aromatic nitrogens is 1. The SMILES string of the molecule is [nH+]1ppppp1. The van der Waals surface area contributed by atoms with Gasteiger partial charge in [0.1, 0.15) is 0 Å². The average Bonchev–Trinajstić information content (AvgIpc) is 1.72. The van der Waals surface area contributed by atoms with Gasteiger partial charge in [0.2, 0.25) is 0 Å². The van der Waals surface area contributed by atoms with Gasteiger partial charge in [-0.15, -0.1) is 0 Å². The number of aromatic amines is 1. The van der Waals surface area contributed by atoms with Gasteiger partial charge in [-0.3, -0.25) is 0 Å². The van der Waals surface area contributed by atoms with Gasteiger partial charge in [-0.2, -0.15) is 4.51 Å². The van der Waals surface area contributed by atoms with Gasteiger partial charge in [-0.25, -0.2) is 0 Å². The van der Waals surface area contributed by atoms with E-state index in [2.05, 4.69) is 4.51 Å². The molecule has 1 N–H and O–H groups in total. The molecule has 0 atom stereocenters. The van der Waals surface area contributed by atoms with Crippen molar-refractivity contribution < 1.29 is 4.51 Å². The van der Waals surface area contributed by atoms with E-state index in [0.717, 1.165) is 0 Å². The molecule has 1 rings (SSSR count). The van der Waals surface area contributed by atoms with Crippen molar-refractivity contribution in [2.24, 2.45) is 0 Å². The Kier molecular flexibility index (Phi) is 3.01. The summed E-state index contributed by atoms with van der Waals surface area (Å²) in [5.74, 6) is 0. The van der Waals surface area contributed by atoms with Crippen molar-refractivity contribution in [3.63, 3.8) is 0 Å². The van der Waals surface area contributed by atoms with Gasteiger partial charge >= 0.3 is 0 Å². The van der Waals surface area contributed by atoms with Crippen LogP contribution in [0.1, 0.15) is 0 Å². The third-order valence-electron chi connectivity index (χ3n) is 0.259. The van der Waals surface area contributed by atoms with Crippen LogP contribution in [0.2, 0.25) is 0 Å². The maximum absolute atomic E-state index is 3.20. The summed E-state index contributed by atoms with van der Waals surface area (Å²) in [5, 5.41) is 0. The molecule has 0 unspecified atom stereocenters. The normalized spacial score (nSPS) is 14.7. The topological polar surface area (TPSA) is 14.1 Å². The first kappa shape index (κ1) is 5.44. The van der Waals surface area contributed by atoms with Gasteiger partial charge in [0, 0.05) is 7.55 Å². The van der Waals surface area contributed by atoms with Crippen LogP contribution in [0, 0.1) is 0 Å². The van der Waals surface area contributed by atoms with E-state index in [1.54, 1.807) is 7.55 Å². The van der Waals surface area contributed by atoms with Crippen molar-refractivity contribution in [2.45, 2.75) is 0 Å². The number of hydrogen-bond donors (Lipinski definition) is 0. The van der Waals surface area contributed by atoms with Crippen molar-refractivity contribution in [3.8, 4) is 0 Å². The molecule has 0 amide bonds. The highest BCUT2D eigenvalue weighted by Crippen LogP contribution is 2.36. The highest BCUT2D eigenvalue weighted by atomic mass is 32.4. The molecule has 1 aromatic heterocycles. The van der Waals surface area contributed by atoms with E-state index in [1.165, 1.54) is 31.2 Å². The first-order chi connectivity index (χ1) is 3.00. The van der Waals surface area contributed by atoms with Crippen molar-refractivity contribution in [1.29, 1.82) is 0 Å². The molecule has 30 valence electrons. The maximum atomic E-state index is 3.20. The van der Waals surface area contributed by atoms with Crippen LogP contribution in [0.4, 0.5) is 0 Å². The van der Waals surface area contributed by atoms with E-state index >= 15 is 0 Å². The van der Waals surface area contributed by atoms with Gasteiger partial charge in [-0.1, -0.05) is 0 Å². The van der Waals surface area contributed by atoms with Gasteiger partial charge in [-0.05, 0) is 0 Å². The van der Waals surface area contributed by atoms with E-state index in [-0.39, 0.29) is 0 Å². The molecule has 0 fully saturated rings. The highest BCUT2D eigenvalue weighted by molar-refractivity contribution is 8.37. The second kappa shape index (κ2) is 3.32. The van der Waals surface area contributed by atoms with Crippen LogP contribution in [0.15, 0.2) is 0 Å². The van der Waals surface area contributed by atoms with Gasteiger partial charge < -0.3 is 0 Å². The first-order valence-corrected chi connectivity index (χ1v) is 8.54. The van der Waals surface area contributed by atoms with Crippen LogP contribution in [-0.2, 0) is 0 Å². The molecule has 0 aliphatic rings. The lowest BCUT2D eigenvalue weighted by Crippen LogP contribution is -1.71. The minimum atomic E-state index is 1.39. The molecule has 0 aromatic carbocycles. The van der Waals surface area contributed by atoms with Crippen molar-refractivity contribution in [1.82, 2.24) is 0 Å². The summed E-state index contributed by atoms with van der Waals surface area (Å²) in [6.45, 7) is 0. The molecular weight excluding hydrogens is 169 g/mol. The van der Waals surface area contributed by atoms with E-state index in [4.69, 9.17) is 0 Å². The van der Waals surface area contributed by atoms with Crippen molar-refractivity contribution in [2.75, 3.05) is 0 Å². The fourth-order valence-corrected chi connectivity index (χ4v) is 12.4. The molecule has 0 aliphatic heterocycles. The van der Waals surface area contributed by atoms with Crippen LogP contribution in [0.5, 0.6) is 0 Å². The van der Waals surface area contributed by atoms with E-state index in [1.807, 2.05) is 0 Å². The minimum absolute atomic E-state index is 1.39. The summed E-state index contributed by atoms with van der Waals surface area (Å²) in [6.07, 6.45) is 0. The van der Waals surface area contributed by atoms with Crippen LogP contribution >= 0.6 is 38.7 Å². The summed E-state index contributed by atoms with van der Waals surface area (Å²) in [7, 11) is 7.36. The Morgan fingerprint density at radius 1 is 0.833 bits per heavy atom. The smallest absolute Gasteiger partial charge is 0.171 e. The zero-order chi connectivity index (χ0) is 4.24. The molecule has 1 heterocycles. The Morgan fingerprint density at radius 3 is 1.67 bits per heavy atom. The molecule has 0 saturated heterocycles. The molecule has 1 nitrogen and oxygen atoms in total. The van der Waals surface area contributed by atoms with Crippen LogP contribution < -0.4 is 4.51 Å². The fraction of sp³-hybridized carbons (Fsp3) is 0. The predicted molar refractivity (Wildman–Crippen MR) is 35.6 cm³/mol. The first-order valence-electron chi connectivity index (χ1n) is 1.25. The average molecular weight is 170 g/mol. The van der Waals surface area contributed by atoms with Gasteiger partial charge in [0.15, 0.2) is 0 Å². The van der Waals surface area contributed by atoms with Gasteiger partial charge in [0.05, 0.1) is 15.1 Å². The number of H-pyrrole nitrogens is 1. The highest BCUT2D eigenvalue weighted by Gasteiger charge is 1.74. The minimum Gasteiger partial charge on any atom is -0.171 e. The third kappa shape index (κ3) is 1.84. The standard InChI is InChI=1S/NP5/c1-2-4-6-5-3-1/p+1. The summed E-state index contributed by atoms with van der Waals surface area (Å²) in [5.41, 5.74) is 0. The maximum Gasteiger partial charge on any atom is 0.280 e. The zero-order valence-electron chi connectivity index (χ0n) is 2.74. The third-order valence-corrected chi connectivity index (χ3v) is 11.3. The van der Waals surface area contributed by atoms with Gasteiger partial charge in [0.25, 0.3) is 16.1 Å². The molecule has 6 heavy (non-hydrogen) atoms. The molecular formula is HNP5+. The molecule has 0 bridgehead atoms. The van der Waals surface area contributed by atoms with Crippen molar-refractivity contribution in [3.05, 3.63) is 0 Å². The molecule has 1 aromatic rings. The molecule has 6 heteroatoms. The monoisotopic (exact) mass is 170 g/mol. The molecule has 0 radical (unpaired) electrons. The summed E-state index contributed by atoms with van der Waals surface area (Å²) in [4.78, 5) is 0. The Labute approximate surface area is 43.8 Å². The van der Waals surface area contributed by atoms with Crippen LogP contribution in [0.25, 0.3) is 0 Å². The molecule has 0 saturated carbocycles. The van der Waals surface area contributed by atoms with E-state index in [9.17, 15) is 0 Å². The Bertz CT molecular complexity index is 75.9. The lowest BCUT2D eigenvalue weighted by atomic mass is 13.9. The quantitative estimate of drug-likeness (QED) is 0.566. The molecule has 0 aliphatic carbocycles. The van der Waals surface area contributed by atoms with Crippen LogP contribution in [-0.4, -0.2) is 0 Å². The van der Waals surface area contributed by atoms with E-state index in [0.29, 0.717) is 0 Å². The Balaban J connectivity index is 3.00. The second-order valence-electron chi connectivity index (χ2n) is 0.568. The summed E-state index contributed by atoms with van der Waals surface area (Å²) >= 11 is 0. The summed E-state index contributed by atoms with van der Waals surface area (Å²) < 4.78 is 3.20. The number of hydrogen-bond acceptors (Lipinski definition) is 0. The Hall–Kier alpha value is 1.30. The Morgan fingerprint density at radius 2 is 1.50 bits per heavy atom. The lowest BCUT2D eigenvalue weighted by Gasteiger charge is -1.55. The zero-order valence-corrected chi connectivity index (χ0v) is 7.21. The van der Waals surface area contributed by atoms with Crippen LogP contribution in [0.3, 0.4) is 0 Å². The van der Waals surface area contributed by atoms with E-state index < -0.39 is 0 Å². The van der Waals surface area contributed by atoms with Crippen molar-refractivity contribution >= 4 is 38.7 Å². The number of rotatable bonds is 0. The fourth-order valence-electron chi connectivity index (χ4n) is 0.118. The number of nitrogens with one attached hydrogen (secondary N) is 1.